The molecule has 2 rings (SSSR count). The van der Waals surface area contributed by atoms with Crippen molar-refractivity contribution in [2.45, 2.75) is 31.8 Å². The van der Waals surface area contributed by atoms with Gasteiger partial charge in [-0.3, -0.25) is 0 Å². The molecule has 1 aromatic heterocycles. The number of aliphatic hydroxyl groups excluding tert-OH is 1. The monoisotopic (exact) mass is 194 g/mol. The van der Waals surface area contributed by atoms with Gasteiger partial charge >= 0.3 is 0 Å². The Morgan fingerprint density at radius 1 is 1.36 bits per heavy atom. The third-order valence-corrected chi connectivity index (χ3v) is 3.00. The molecule has 1 fully saturated rings. The van der Waals surface area contributed by atoms with Crippen LogP contribution in [0.2, 0.25) is 0 Å². The standard InChI is InChI=1S/C11H18N2O/c14-10-5-3-9(4-6-10)8-13-11-2-1-7-12-11/h1-2,7,9-10,12-14H,3-6,8H2. The van der Waals surface area contributed by atoms with Gasteiger partial charge in [0, 0.05) is 12.7 Å². The normalized spacial score (nSPS) is 27.5. The SMILES string of the molecule is OC1CCC(CNc2ccc[nH]2)CC1. The highest BCUT2D eigenvalue weighted by molar-refractivity contribution is 5.33. The van der Waals surface area contributed by atoms with Crippen LogP contribution in [0.3, 0.4) is 0 Å². The average Bonchev–Trinajstić information content (AvgIpc) is 2.70. The minimum atomic E-state index is -0.0447. The van der Waals surface area contributed by atoms with Gasteiger partial charge in [0.25, 0.3) is 0 Å². The van der Waals surface area contributed by atoms with Gasteiger partial charge in [0.15, 0.2) is 0 Å². The zero-order valence-electron chi connectivity index (χ0n) is 8.37. The molecule has 0 spiro atoms. The molecule has 1 aliphatic rings. The van der Waals surface area contributed by atoms with Gasteiger partial charge in [0.1, 0.15) is 5.82 Å². The van der Waals surface area contributed by atoms with Crippen molar-refractivity contribution in [2.75, 3.05) is 11.9 Å². The van der Waals surface area contributed by atoms with Crippen LogP contribution in [0, 0.1) is 5.92 Å². The predicted molar refractivity (Wildman–Crippen MR) is 57.2 cm³/mol. The van der Waals surface area contributed by atoms with Crippen molar-refractivity contribution in [1.82, 2.24) is 4.98 Å². The van der Waals surface area contributed by atoms with Crippen LogP contribution >= 0.6 is 0 Å². The van der Waals surface area contributed by atoms with Crippen molar-refractivity contribution >= 4 is 5.82 Å². The van der Waals surface area contributed by atoms with E-state index >= 15 is 0 Å². The van der Waals surface area contributed by atoms with E-state index in [1.54, 1.807) is 0 Å². The number of anilines is 1. The lowest BCUT2D eigenvalue weighted by atomic mass is 9.87. The van der Waals surface area contributed by atoms with Crippen LogP contribution in [0.5, 0.6) is 0 Å². The Morgan fingerprint density at radius 3 is 2.79 bits per heavy atom. The molecule has 0 radical (unpaired) electrons. The van der Waals surface area contributed by atoms with E-state index < -0.39 is 0 Å². The summed E-state index contributed by atoms with van der Waals surface area (Å²) in [4.78, 5) is 3.13. The van der Waals surface area contributed by atoms with Crippen molar-refractivity contribution in [1.29, 1.82) is 0 Å². The van der Waals surface area contributed by atoms with Crippen LogP contribution < -0.4 is 5.32 Å². The number of H-pyrrole nitrogens is 1. The molecule has 0 unspecified atom stereocenters. The van der Waals surface area contributed by atoms with Gasteiger partial charge in [-0.1, -0.05) is 0 Å². The second-order valence-electron chi connectivity index (χ2n) is 4.14. The van der Waals surface area contributed by atoms with E-state index in [2.05, 4.69) is 10.3 Å². The van der Waals surface area contributed by atoms with E-state index in [4.69, 9.17) is 0 Å². The molecule has 3 nitrogen and oxygen atoms in total. The molecule has 3 heteroatoms. The lowest BCUT2D eigenvalue weighted by Crippen LogP contribution is -2.23. The number of aromatic amines is 1. The minimum Gasteiger partial charge on any atom is -0.393 e. The Labute approximate surface area is 84.5 Å². The highest BCUT2D eigenvalue weighted by Gasteiger charge is 2.18. The molecule has 1 heterocycles. The van der Waals surface area contributed by atoms with Crippen LogP contribution in [0.25, 0.3) is 0 Å². The van der Waals surface area contributed by atoms with Gasteiger partial charge in [0.05, 0.1) is 6.10 Å². The Kier molecular flexibility index (Phi) is 3.09. The topological polar surface area (TPSA) is 48.0 Å². The molecule has 0 aromatic carbocycles. The Balaban J connectivity index is 1.71. The third-order valence-electron chi connectivity index (χ3n) is 3.00. The number of nitrogens with one attached hydrogen (secondary N) is 2. The van der Waals surface area contributed by atoms with Gasteiger partial charge in [-0.15, -0.1) is 0 Å². The first-order chi connectivity index (χ1) is 6.84. The average molecular weight is 194 g/mol. The van der Waals surface area contributed by atoms with Crippen molar-refractivity contribution in [3.05, 3.63) is 18.3 Å². The van der Waals surface area contributed by atoms with E-state index in [0.29, 0.717) is 0 Å². The summed E-state index contributed by atoms with van der Waals surface area (Å²) in [7, 11) is 0. The zero-order valence-corrected chi connectivity index (χ0v) is 8.37. The van der Waals surface area contributed by atoms with E-state index in [1.165, 1.54) is 0 Å². The maximum absolute atomic E-state index is 9.35. The van der Waals surface area contributed by atoms with E-state index in [1.807, 2.05) is 18.3 Å². The van der Waals surface area contributed by atoms with Crippen LogP contribution in [0.4, 0.5) is 5.82 Å². The number of hydrogen-bond donors (Lipinski definition) is 3. The second kappa shape index (κ2) is 4.51. The highest BCUT2D eigenvalue weighted by Crippen LogP contribution is 2.24. The Bertz CT molecular complexity index is 250. The van der Waals surface area contributed by atoms with Crippen LogP contribution in [-0.4, -0.2) is 22.7 Å². The fourth-order valence-electron chi connectivity index (χ4n) is 2.04. The van der Waals surface area contributed by atoms with Gasteiger partial charge < -0.3 is 15.4 Å². The fraction of sp³-hybridized carbons (Fsp3) is 0.636. The molecular formula is C11H18N2O. The van der Waals surface area contributed by atoms with Gasteiger partial charge in [-0.05, 0) is 43.7 Å². The summed E-state index contributed by atoms with van der Waals surface area (Å²) in [6.45, 7) is 1.02. The molecule has 1 saturated carbocycles. The summed E-state index contributed by atoms with van der Waals surface area (Å²) < 4.78 is 0. The summed E-state index contributed by atoms with van der Waals surface area (Å²) in [6, 6.07) is 4.03. The lowest BCUT2D eigenvalue weighted by molar-refractivity contribution is 0.111. The molecular weight excluding hydrogens is 176 g/mol. The molecule has 78 valence electrons. The number of hydrogen-bond acceptors (Lipinski definition) is 2. The molecule has 0 saturated heterocycles. The molecule has 1 aliphatic carbocycles. The molecule has 0 bridgehead atoms. The number of aliphatic hydroxyl groups is 1. The van der Waals surface area contributed by atoms with Crippen molar-refractivity contribution in [3.8, 4) is 0 Å². The number of aromatic nitrogens is 1. The van der Waals surface area contributed by atoms with Gasteiger partial charge in [-0.2, -0.15) is 0 Å². The lowest BCUT2D eigenvalue weighted by Gasteiger charge is -2.25. The summed E-state index contributed by atoms with van der Waals surface area (Å²) in [5.74, 6) is 1.82. The van der Waals surface area contributed by atoms with E-state index in [-0.39, 0.29) is 6.10 Å². The summed E-state index contributed by atoms with van der Waals surface area (Å²) in [5.41, 5.74) is 0. The Morgan fingerprint density at radius 2 is 2.14 bits per heavy atom. The zero-order chi connectivity index (χ0) is 9.80. The van der Waals surface area contributed by atoms with Crippen LogP contribution in [0.1, 0.15) is 25.7 Å². The van der Waals surface area contributed by atoms with Crippen LogP contribution in [-0.2, 0) is 0 Å². The Hall–Kier alpha value is -0.960. The van der Waals surface area contributed by atoms with Gasteiger partial charge in [-0.25, -0.2) is 0 Å². The van der Waals surface area contributed by atoms with Crippen molar-refractivity contribution in [2.24, 2.45) is 5.92 Å². The van der Waals surface area contributed by atoms with Crippen LogP contribution in [0.15, 0.2) is 18.3 Å². The minimum absolute atomic E-state index is 0.0447. The summed E-state index contributed by atoms with van der Waals surface area (Å²) >= 11 is 0. The summed E-state index contributed by atoms with van der Waals surface area (Å²) in [6.07, 6.45) is 6.11. The fourth-order valence-corrected chi connectivity index (χ4v) is 2.04. The maximum Gasteiger partial charge on any atom is 0.103 e. The molecule has 0 aliphatic heterocycles. The van der Waals surface area contributed by atoms with E-state index in [0.717, 1.165) is 44.0 Å². The van der Waals surface area contributed by atoms with Gasteiger partial charge in [0.2, 0.25) is 0 Å². The molecule has 14 heavy (non-hydrogen) atoms. The van der Waals surface area contributed by atoms with E-state index in [9.17, 15) is 5.11 Å². The molecule has 3 N–H and O–H groups in total. The molecule has 1 aromatic rings. The second-order valence-corrected chi connectivity index (χ2v) is 4.14. The summed E-state index contributed by atoms with van der Waals surface area (Å²) in [5, 5.41) is 12.7. The first kappa shape index (κ1) is 9.59. The van der Waals surface area contributed by atoms with Crippen molar-refractivity contribution in [3.63, 3.8) is 0 Å². The highest BCUT2D eigenvalue weighted by atomic mass is 16.3. The quantitative estimate of drug-likeness (QED) is 0.689. The third kappa shape index (κ3) is 2.51. The smallest absolute Gasteiger partial charge is 0.103 e. The number of rotatable bonds is 3. The first-order valence-corrected chi connectivity index (χ1v) is 5.40. The first-order valence-electron chi connectivity index (χ1n) is 5.40. The molecule has 0 amide bonds. The predicted octanol–water partition coefficient (Wildman–Crippen LogP) is 1.98. The van der Waals surface area contributed by atoms with Crippen molar-refractivity contribution < 1.29 is 5.11 Å². The molecule has 0 atom stereocenters. The maximum atomic E-state index is 9.35. The largest absolute Gasteiger partial charge is 0.393 e.